The Morgan fingerprint density at radius 1 is 1.12 bits per heavy atom. The van der Waals surface area contributed by atoms with E-state index in [9.17, 15) is 9.90 Å². The number of rotatable bonds is 5. The Morgan fingerprint density at radius 3 is 2.12 bits per heavy atom. The molecule has 0 amide bonds. The van der Waals surface area contributed by atoms with Crippen LogP contribution in [0.4, 0.5) is 0 Å². The summed E-state index contributed by atoms with van der Waals surface area (Å²) in [4.78, 5) is 15.0. The second-order valence-corrected chi connectivity index (χ2v) is 6.32. The summed E-state index contributed by atoms with van der Waals surface area (Å²) in [5, 5.41) is 11.3. The van der Waals surface area contributed by atoms with Gasteiger partial charge in [-0.15, -0.1) is 0 Å². The van der Waals surface area contributed by atoms with Gasteiger partial charge >= 0.3 is 5.97 Å². The van der Waals surface area contributed by atoms with Crippen molar-refractivity contribution in [2.45, 2.75) is 24.5 Å². The molecule has 3 rings (SSSR count). The lowest BCUT2D eigenvalue weighted by molar-refractivity contribution is -0.163. The largest absolute Gasteiger partial charge is 0.461 e. The molecule has 0 aromatic heterocycles. The number of benzene rings is 2. The molecule has 24 heavy (non-hydrogen) atoms. The van der Waals surface area contributed by atoms with Crippen LogP contribution >= 0.6 is 0 Å². The van der Waals surface area contributed by atoms with E-state index < -0.39 is 11.6 Å². The van der Waals surface area contributed by atoms with E-state index in [1.165, 1.54) is 0 Å². The maximum absolute atomic E-state index is 12.8. The maximum atomic E-state index is 12.8. The number of aliphatic hydroxyl groups is 1. The highest BCUT2D eigenvalue weighted by Crippen LogP contribution is 2.31. The van der Waals surface area contributed by atoms with Gasteiger partial charge in [0.1, 0.15) is 6.61 Å². The Labute approximate surface area is 142 Å². The van der Waals surface area contributed by atoms with E-state index in [4.69, 9.17) is 4.74 Å². The number of ether oxygens (including phenoxy) is 1. The Bertz CT molecular complexity index is 632. The molecule has 1 saturated heterocycles. The first-order valence-corrected chi connectivity index (χ1v) is 8.33. The van der Waals surface area contributed by atoms with Gasteiger partial charge in [0.15, 0.2) is 0 Å². The molecule has 2 aromatic carbocycles. The van der Waals surface area contributed by atoms with Crippen LogP contribution in [-0.4, -0.2) is 42.2 Å². The van der Waals surface area contributed by atoms with Crippen LogP contribution in [0, 0.1) is 0 Å². The normalized spacial score (nSPS) is 18.5. The molecular weight excluding hydrogens is 302 g/mol. The van der Waals surface area contributed by atoms with Crippen molar-refractivity contribution in [3.05, 3.63) is 71.8 Å². The van der Waals surface area contributed by atoms with Crippen molar-refractivity contribution < 1.29 is 14.6 Å². The van der Waals surface area contributed by atoms with E-state index in [1.54, 1.807) is 48.5 Å². The third-order valence-electron chi connectivity index (χ3n) is 4.76. The van der Waals surface area contributed by atoms with Gasteiger partial charge in [0.2, 0.25) is 5.60 Å². The minimum atomic E-state index is -1.79. The Morgan fingerprint density at radius 2 is 1.67 bits per heavy atom. The number of likely N-dealkylation sites (tertiary alicyclic amines) is 1. The van der Waals surface area contributed by atoms with Gasteiger partial charge in [-0.05, 0) is 37.6 Å². The van der Waals surface area contributed by atoms with Gasteiger partial charge in [-0.2, -0.15) is 0 Å². The highest BCUT2D eigenvalue weighted by Gasteiger charge is 2.42. The maximum Gasteiger partial charge on any atom is 0.347 e. The summed E-state index contributed by atoms with van der Waals surface area (Å²) in [7, 11) is 2.03. The number of carbonyl (C=O) groups excluding carboxylic acids is 1. The average molecular weight is 325 g/mol. The second kappa shape index (κ2) is 7.16. The number of esters is 1. The lowest BCUT2D eigenvalue weighted by atomic mass is 9.86. The van der Waals surface area contributed by atoms with Gasteiger partial charge in [-0.1, -0.05) is 60.7 Å². The molecule has 4 nitrogen and oxygen atoms in total. The standard InChI is InChI=1S/C20H23NO3/c1-21-14-8-13-18(21)15-24-19(22)20(23,16-9-4-2-5-10-16)17-11-6-3-7-12-17/h2-7,9-12,18,23H,8,13-15H2,1H3/t18-/m0/s1. The minimum absolute atomic E-state index is 0.227. The van der Waals surface area contributed by atoms with Crippen LogP contribution in [0.15, 0.2) is 60.7 Å². The molecule has 1 fully saturated rings. The molecule has 1 N–H and O–H groups in total. The molecular formula is C20H23NO3. The summed E-state index contributed by atoms with van der Waals surface area (Å²) in [5.41, 5.74) is -0.762. The van der Waals surface area contributed by atoms with E-state index in [-0.39, 0.29) is 6.04 Å². The zero-order valence-electron chi connectivity index (χ0n) is 13.9. The first-order chi connectivity index (χ1) is 11.6. The number of hydrogen-bond acceptors (Lipinski definition) is 4. The van der Waals surface area contributed by atoms with Crippen LogP contribution in [0.5, 0.6) is 0 Å². The molecule has 0 aliphatic carbocycles. The average Bonchev–Trinajstić information content (AvgIpc) is 3.05. The first-order valence-electron chi connectivity index (χ1n) is 8.33. The van der Waals surface area contributed by atoms with Crippen molar-refractivity contribution in [2.75, 3.05) is 20.2 Å². The predicted octanol–water partition coefficient (Wildman–Crippen LogP) is 2.56. The van der Waals surface area contributed by atoms with Crippen molar-refractivity contribution in [2.24, 2.45) is 0 Å². The van der Waals surface area contributed by atoms with Crippen LogP contribution in [0.25, 0.3) is 0 Å². The van der Waals surface area contributed by atoms with E-state index in [1.807, 2.05) is 19.2 Å². The van der Waals surface area contributed by atoms with Crippen LogP contribution in [0.3, 0.4) is 0 Å². The van der Waals surface area contributed by atoms with Gasteiger partial charge in [0, 0.05) is 6.04 Å². The molecule has 0 unspecified atom stereocenters. The molecule has 2 aromatic rings. The van der Waals surface area contributed by atoms with Crippen LogP contribution < -0.4 is 0 Å². The summed E-state index contributed by atoms with van der Waals surface area (Å²) in [6.45, 7) is 1.32. The molecule has 1 atom stereocenters. The molecule has 0 radical (unpaired) electrons. The Balaban J connectivity index is 1.86. The first kappa shape index (κ1) is 16.7. The molecule has 4 heteroatoms. The highest BCUT2D eigenvalue weighted by atomic mass is 16.6. The predicted molar refractivity (Wildman–Crippen MR) is 92.5 cm³/mol. The quantitative estimate of drug-likeness (QED) is 0.859. The Kier molecular flexibility index (Phi) is 4.97. The zero-order chi connectivity index (χ0) is 17.0. The molecule has 126 valence electrons. The van der Waals surface area contributed by atoms with Gasteiger partial charge in [-0.3, -0.25) is 0 Å². The monoisotopic (exact) mass is 325 g/mol. The highest BCUT2D eigenvalue weighted by molar-refractivity contribution is 5.85. The third kappa shape index (κ3) is 3.21. The van der Waals surface area contributed by atoms with Crippen LogP contribution in [-0.2, 0) is 15.1 Å². The van der Waals surface area contributed by atoms with Crippen molar-refractivity contribution in [1.82, 2.24) is 4.90 Å². The molecule has 1 heterocycles. The summed E-state index contributed by atoms with van der Waals surface area (Å²) in [6.07, 6.45) is 2.12. The SMILES string of the molecule is CN1CCC[C@H]1COC(=O)C(O)(c1ccccc1)c1ccccc1. The number of hydrogen-bond donors (Lipinski definition) is 1. The van der Waals surface area contributed by atoms with Crippen LogP contribution in [0.1, 0.15) is 24.0 Å². The third-order valence-corrected chi connectivity index (χ3v) is 4.76. The van der Waals surface area contributed by atoms with E-state index in [2.05, 4.69) is 4.90 Å². The van der Waals surface area contributed by atoms with Crippen molar-refractivity contribution in [1.29, 1.82) is 0 Å². The lowest BCUT2D eigenvalue weighted by Gasteiger charge is -2.28. The van der Waals surface area contributed by atoms with Gasteiger partial charge in [-0.25, -0.2) is 4.79 Å². The number of likely N-dealkylation sites (N-methyl/N-ethyl adjacent to an activating group) is 1. The fourth-order valence-electron chi connectivity index (χ4n) is 3.23. The van der Waals surface area contributed by atoms with E-state index in [0.717, 1.165) is 19.4 Å². The minimum Gasteiger partial charge on any atom is -0.461 e. The molecule has 1 aliphatic heterocycles. The van der Waals surface area contributed by atoms with Gasteiger partial charge in [0.05, 0.1) is 0 Å². The summed E-state index contributed by atoms with van der Waals surface area (Å²) >= 11 is 0. The summed E-state index contributed by atoms with van der Waals surface area (Å²) < 4.78 is 5.54. The molecule has 1 aliphatic rings. The van der Waals surface area contributed by atoms with Crippen LogP contribution in [0.2, 0.25) is 0 Å². The number of nitrogens with zero attached hydrogens (tertiary/aromatic N) is 1. The van der Waals surface area contributed by atoms with Crippen molar-refractivity contribution in [3.8, 4) is 0 Å². The topological polar surface area (TPSA) is 49.8 Å². The van der Waals surface area contributed by atoms with E-state index >= 15 is 0 Å². The molecule has 0 spiro atoms. The van der Waals surface area contributed by atoms with Crippen molar-refractivity contribution >= 4 is 5.97 Å². The summed E-state index contributed by atoms with van der Waals surface area (Å²) in [5.74, 6) is -0.625. The molecule has 0 saturated carbocycles. The smallest absolute Gasteiger partial charge is 0.347 e. The Hall–Kier alpha value is -2.17. The van der Waals surface area contributed by atoms with Gasteiger partial charge < -0.3 is 14.7 Å². The van der Waals surface area contributed by atoms with Gasteiger partial charge in [0.25, 0.3) is 0 Å². The number of carbonyl (C=O) groups is 1. The second-order valence-electron chi connectivity index (χ2n) is 6.32. The molecule has 0 bridgehead atoms. The lowest BCUT2D eigenvalue weighted by Crippen LogP contribution is -2.41. The fraction of sp³-hybridized carbons (Fsp3) is 0.350. The van der Waals surface area contributed by atoms with Crippen molar-refractivity contribution in [3.63, 3.8) is 0 Å². The fourth-order valence-corrected chi connectivity index (χ4v) is 3.23. The van der Waals surface area contributed by atoms with E-state index in [0.29, 0.717) is 17.7 Å². The summed E-state index contributed by atoms with van der Waals surface area (Å²) in [6, 6.07) is 18.1. The zero-order valence-corrected chi connectivity index (χ0v) is 13.9.